The summed E-state index contributed by atoms with van der Waals surface area (Å²) in [5.41, 5.74) is 1.88. The van der Waals surface area contributed by atoms with Crippen molar-refractivity contribution >= 4 is 11.6 Å². The number of morpholine rings is 1. The molecule has 0 saturated carbocycles. The minimum atomic E-state index is 0.167. The van der Waals surface area contributed by atoms with Gasteiger partial charge in [0.05, 0.1) is 18.8 Å². The lowest BCUT2D eigenvalue weighted by Crippen LogP contribution is -2.38. The van der Waals surface area contributed by atoms with E-state index in [0.717, 1.165) is 63.6 Å². The van der Waals surface area contributed by atoms with Crippen LogP contribution in [-0.2, 0) is 4.74 Å². The zero-order valence-electron chi connectivity index (χ0n) is 13.3. The van der Waals surface area contributed by atoms with Crippen LogP contribution in [0.1, 0.15) is 16.8 Å². The molecule has 2 aliphatic rings. The maximum Gasteiger partial charge on any atom is 0.255 e. The Hall–Kier alpha value is -1.59. The van der Waals surface area contributed by atoms with Gasteiger partial charge in [0.1, 0.15) is 0 Å². The van der Waals surface area contributed by atoms with Gasteiger partial charge in [-0.1, -0.05) is 12.1 Å². The number of carbonyl (C=O) groups excluding carboxylic acids is 1. The quantitative estimate of drug-likeness (QED) is 0.908. The maximum absolute atomic E-state index is 12.9. The van der Waals surface area contributed by atoms with E-state index < -0.39 is 0 Å². The summed E-state index contributed by atoms with van der Waals surface area (Å²) < 4.78 is 5.42. The topological polar surface area (TPSA) is 44.8 Å². The van der Waals surface area contributed by atoms with Gasteiger partial charge in [-0.25, -0.2) is 0 Å². The molecule has 1 N–H and O–H groups in total. The van der Waals surface area contributed by atoms with E-state index in [9.17, 15) is 4.79 Å². The van der Waals surface area contributed by atoms with Crippen LogP contribution < -0.4 is 10.2 Å². The Morgan fingerprint density at radius 2 is 2.05 bits per heavy atom. The van der Waals surface area contributed by atoms with Crippen molar-refractivity contribution in [3.8, 4) is 0 Å². The first kappa shape index (κ1) is 15.3. The molecule has 5 nitrogen and oxygen atoms in total. The molecule has 2 fully saturated rings. The Bertz CT molecular complexity index is 514. The minimum absolute atomic E-state index is 0.167. The number of ether oxygens (including phenoxy) is 1. The van der Waals surface area contributed by atoms with E-state index in [-0.39, 0.29) is 5.91 Å². The SMILES string of the molecule is CNC[C@H]1CCN(C(=O)c2ccccc2N2CCOCC2)C1. The normalized spacial score (nSPS) is 22.1. The molecule has 0 aromatic heterocycles. The largest absolute Gasteiger partial charge is 0.378 e. The Morgan fingerprint density at radius 1 is 1.27 bits per heavy atom. The number of hydrogen-bond acceptors (Lipinski definition) is 4. The number of rotatable bonds is 4. The number of anilines is 1. The van der Waals surface area contributed by atoms with Crippen molar-refractivity contribution in [3.05, 3.63) is 29.8 Å². The van der Waals surface area contributed by atoms with Crippen LogP contribution in [0.2, 0.25) is 0 Å². The van der Waals surface area contributed by atoms with Crippen molar-refractivity contribution in [3.63, 3.8) is 0 Å². The fourth-order valence-corrected chi connectivity index (χ4v) is 3.38. The first-order valence-electron chi connectivity index (χ1n) is 8.15. The minimum Gasteiger partial charge on any atom is -0.378 e. The van der Waals surface area contributed by atoms with E-state index in [1.165, 1.54) is 0 Å². The van der Waals surface area contributed by atoms with Crippen molar-refractivity contribution in [1.82, 2.24) is 10.2 Å². The molecule has 1 aromatic carbocycles. The van der Waals surface area contributed by atoms with E-state index in [2.05, 4.69) is 16.3 Å². The van der Waals surface area contributed by atoms with E-state index in [1.54, 1.807) is 0 Å². The number of nitrogens with zero attached hydrogens (tertiary/aromatic N) is 2. The lowest BCUT2D eigenvalue weighted by atomic mass is 10.1. The van der Waals surface area contributed by atoms with Gasteiger partial charge in [-0.3, -0.25) is 4.79 Å². The molecule has 2 saturated heterocycles. The van der Waals surface area contributed by atoms with Crippen LogP contribution in [0.3, 0.4) is 0 Å². The zero-order valence-corrected chi connectivity index (χ0v) is 13.3. The molecule has 0 unspecified atom stereocenters. The molecule has 0 spiro atoms. The summed E-state index contributed by atoms with van der Waals surface area (Å²) in [5.74, 6) is 0.741. The van der Waals surface area contributed by atoms with Gasteiger partial charge in [0.2, 0.25) is 0 Å². The van der Waals surface area contributed by atoms with Crippen molar-refractivity contribution in [2.75, 3.05) is 57.9 Å². The van der Waals surface area contributed by atoms with Crippen LogP contribution in [0.15, 0.2) is 24.3 Å². The third-order valence-electron chi connectivity index (χ3n) is 4.55. The van der Waals surface area contributed by atoms with Gasteiger partial charge >= 0.3 is 0 Å². The van der Waals surface area contributed by atoms with Crippen LogP contribution >= 0.6 is 0 Å². The molecule has 1 aromatic rings. The highest BCUT2D eigenvalue weighted by atomic mass is 16.5. The molecule has 1 atom stereocenters. The molecule has 0 radical (unpaired) electrons. The summed E-state index contributed by atoms with van der Waals surface area (Å²) in [4.78, 5) is 17.2. The van der Waals surface area contributed by atoms with Crippen molar-refractivity contribution in [2.24, 2.45) is 5.92 Å². The Balaban J connectivity index is 1.75. The summed E-state index contributed by atoms with van der Waals surface area (Å²) in [5, 5.41) is 3.21. The summed E-state index contributed by atoms with van der Waals surface area (Å²) in [6, 6.07) is 7.98. The van der Waals surface area contributed by atoms with Crippen molar-refractivity contribution in [1.29, 1.82) is 0 Å². The molecule has 2 heterocycles. The molecular formula is C17H25N3O2. The first-order chi connectivity index (χ1) is 10.8. The predicted octanol–water partition coefficient (Wildman–Crippen LogP) is 1.20. The second-order valence-electron chi connectivity index (χ2n) is 6.08. The summed E-state index contributed by atoms with van der Waals surface area (Å²) >= 11 is 0. The Morgan fingerprint density at radius 3 is 2.82 bits per heavy atom. The number of para-hydroxylation sites is 1. The van der Waals surface area contributed by atoms with Crippen LogP contribution in [0.25, 0.3) is 0 Å². The van der Waals surface area contributed by atoms with Gasteiger partial charge < -0.3 is 19.9 Å². The average Bonchev–Trinajstić information content (AvgIpc) is 3.04. The predicted molar refractivity (Wildman–Crippen MR) is 87.4 cm³/mol. The second-order valence-corrected chi connectivity index (χ2v) is 6.08. The van der Waals surface area contributed by atoms with Crippen LogP contribution in [0, 0.1) is 5.92 Å². The molecule has 120 valence electrons. The van der Waals surface area contributed by atoms with Crippen molar-refractivity contribution < 1.29 is 9.53 Å². The lowest BCUT2D eigenvalue weighted by molar-refractivity contribution is 0.0786. The standard InChI is InChI=1S/C17H25N3O2/c1-18-12-14-6-7-20(13-14)17(21)15-4-2-3-5-16(15)19-8-10-22-11-9-19/h2-5,14,18H,6-13H2,1H3/t14-/m1/s1. The number of benzene rings is 1. The lowest BCUT2D eigenvalue weighted by Gasteiger charge is -2.31. The molecule has 0 bridgehead atoms. The van der Waals surface area contributed by atoms with Gasteiger partial charge in [-0.05, 0) is 38.1 Å². The highest BCUT2D eigenvalue weighted by Crippen LogP contribution is 2.25. The molecular weight excluding hydrogens is 278 g/mol. The monoisotopic (exact) mass is 303 g/mol. The number of hydrogen-bond donors (Lipinski definition) is 1. The van der Waals surface area contributed by atoms with Crippen LogP contribution in [-0.4, -0.2) is 63.8 Å². The van der Waals surface area contributed by atoms with E-state index >= 15 is 0 Å². The number of amides is 1. The molecule has 5 heteroatoms. The third-order valence-corrected chi connectivity index (χ3v) is 4.55. The maximum atomic E-state index is 12.9. The highest BCUT2D eigenvalue weighted by Gasteiger charge is 2.28. The summed E-state index contributed by atoms with van der Waals surface area (Å²) in [6.07, 6.45) is 1.09. The van der Waals surface area contributed by atoms with Crippen molar-refractivity contribution in [2.45, 2.75) is 6.42 Å². The molecule has 2 aliphatic heterocycles. The Kier molecular flexibility index (Phi) is 4.95. The molecule has 1 amide bonds. The van der Waals surface area contributed by atoms with Gasteiger partial charge in [0, 0.05) is 31.9 Å². The van der Waals surface area contributed by atoms with Gasteiger partial charge in [0.15, 0.2) is 0 Å². The van der Waals surface area contributed by atoms with E-state index in [0.29, 0.717) is 5.92 Å². The fraction of sp³-hybridized carbons (Fsp3) is 0.588. The Labute approximate surface area is 132 Å². The van der Waals surface area contributed by atoms with E-state index in [4.69, 9.17) is 4.74 Å². The summed E-state index contributed by atoms with van der Waals surface area (Å²) in [6.45, 7) is 5.88. The fourth-order valence-electron chi connectivity index (χ4n) is 3.38. The van der Waals surface area contributed by atoms with Crippen LogP contribution in [0.5, 0.6) is 0 Å². The number of likely N-dealkylation sites (tertiary alicyclic amines) is 1. The highest BCUT2D eigenvalue weighted by molar-refractivity contribution is 6.00. The zero-order chi connectivity index (χ0) is 15.4. The van der Waals surface area contributed by atoms with Gasteiger partial charge in [0.25, 0.3) is 5.91 Å². The number of nitrogens with one attached hydrogen (secondary N) is 1. The average molecular weight is 303 g/mol. The molecule has 0 aliphatic carbocycles. The smallest absolute Gasteiger partial charge is 0.255 e. The summed E-state index contributed by atoms with van der Waals surface area (Å²) in [7, 11) is 1.97. The van der Waals surface area contributed by atoms with Crippen LogP contribution in [0.4, 0.5) is 5.69 Å². The third kappa shape index (κ3) is 3.25. The van der Waals surface area contributed by atoms with Gasteiger partial charge in [-0.2, -0.15) is 0 Å². The molecule has 3 rings (SSSR count). The van der Waals surface area contributed by atoms with E-state index in [1.807, 2.05) is 30.1 Å². The molecule has 22 heavy (non-hydrogen) atoms. The first-order valence-corrected chi connectivity index (χ1v) is 8.15. The number of carbonyl (C=O) groups is 1. The van der Waals surface area contributed by atoms with Gasteiger partial charge in [-0.15, -0.1) is 0 Å². The second kappa shape index (κ2) is 7.11.